The molecule has 0 aliphatic heterocycles. The highest BCUT2D eigenvalue weighted by atomic mass is 127. The van der Waals surface area contributed by atoms with Gasteiger partial charge in [-0.1, -0.05) is 18.2 Å². The van der Waals surface area contributed by atoms with E-state index in [2.05, 4.69) is 20.9 Å². The fourth-order valence-electron chi connectivity index (χ4n) is 1.97. The molecule has 0 aliphatic rings. The molecule has 0 spiro atoms. The Labute approximate surface area is 179 Å². The van der Waals surface area contributed by atoms with Crippen LogP contribution >= 0.6 is 24.0 Å². The topological polar surface area (TPSA) is 84.0 Å². The molecule has 0 unspecified atom stereocenters. The highest BCUT2D eigenvalue weighted by Gasteiger charge is 2.15. The van der Waals surface area contributed by atoms with E-state index in [4.69, 9.17) is 9.47 Å². The Balaban J connectivity index is 0.00000676. The molecule has 0 saturated carbocycles. The van der Waals surface area contributed by atoms with Crippen LogP contribution in [0.4, 0.5) is 4.79 Å². The van der Waals surface area contributed by atoms with Crippen molar-refractivity contribution < 1.29 is 14.3 Å². The van der Waals surface area contributed by atoms with Crippen molar-refractivity contribution >= 4 is 36.0 Å². The number of alkyl carbamates (subject to hydrolysis) is 1. The summed E-state index contributed by atoms with van der Waals surface area (Å²) < 4.78 is 10.8. The molecule has 0 atom stereocenters. The molecule has 27 heavy (non-hydrogen) atoms. The summed E-state index contributed by atoms with van der Waals surface area (Å²) in [5, 5.41) is 9.13. The van der Waals surface area contributed by atoms with Gasteiger partial charge in [0.1, 0.15) is 18.0 Å². The second-order valence-corrected chi connectivity index (χ2v) is 6.63. The SMILES string of the molecule is CCNC(=NCCCNC(=O)OC(C)(C)C)NCCOc1ccccc1.I. The van der Waals surface area contributed by atoms with Gasteiger partial charge >= 0.3 is 6.09 Å². The van der Waals surface area contributed by atoms with Gasteiger partial charge in [-0.2, -0.15) is 0 Å². The molecule has 0 aromatic heterocycles. The molecular weight excluding hydrogens is 459 g/mol. The van der Waals surface area contributed by atoms with Crippen molar-refractivity contribution in [3.05, 3.63) is 30.3 Å². The van der Waals surface area contributed by atoms with Gasteiger partial charge < -0.3 is 25.4 Å². The number of nitrogens with zero attached hydrogens (tertiary/aromatic N) is 1. The van der Waals surface area contributed by atoms with Gasteiger partial charge in [0.15, 0.2) is 5.96 Å². The number of guanidine groups is 1. The summed E-state index contributed by atoms with van der Waals surface area (Å²) in [6, 6.07) is 9.70. The lowest BCUT2D eigenvalue weighted by Gasteiger charge is -2.19. The summed E-state index contributed by atoms with van der Waals surface area (Å²) in [6.07, 6.45) is 0.334. The van der Waals surface area contributed by atoms with Crippen LogP contribution in [0.15, 0.2) is 35.3 Å². The summed E-state index contributed by atoms with van der Waals surface area (Å²) in [6.45, 7) is 10.6. The first-order valence-electron chi connectivity index (χ1n) is 9.07. The van der Waals surface area contributed by atoms with E-state index in [1.54, 1.807) is 0 Å². The number of benzene rings is 1. The van der Waals surface area contributed by atoms with Crippen LogP contribution < -0.4 is 20.7 Å². The van der Waals surface area contributed by atoms with E-state index in [-0.39, 0.29) is 24.0 Å². The van der Waals surface area contributed by atoms with Crippen LogP contribution in [0.3, 0.4) is 0 Å². The molecule has 1 rings (SSSR count). The van der Waals surface area contributed by atoms with E-state index in [0.717, 1.165) is 24.7 Å². The minimum absolute atomic E-state index is 0. The minimum atomic E-state index is -0.480. The highest BCUT2D eigenvalue weighted by Crippen LogP contribution is 2.07. The predicted octanol–water partition coefficient (Wildman–Crippen LogP) is 3.15. The van der Waals surface area contributed by atoms with Crippen LogP contribution in [0.5, 0.6) is 5.75 Å². The van der Waals surface area contributed by atoms with E-state index < -0.39 is 11.7 Å². The van der Waals surface area contributed by atoms with Gasteiger partial charge in [0.05, 0.1) is 6.54 Å². The van der Waals surface area contributed by atoms with Gasteiger partial charge in [-0.05, 0) is 46.2 Å². The lowest BCUT2D eigenvalue weighted by Crippen LogP contribution is -2.39. The van der Waals surface area contributed by atoms with Crippen molar-refractivity contribution in [1.29, 1.82) is 0 Å². The Morgan fingerprint density at radius 3 is 2.41 bits per heavy atom. The normalized spacial score (nSPS) is 11.2. The number of nitrogens with one attached hydrogen (secondary N) is 3. The third-order valence-electron chi connectivity index (χ3n) is 3.02. The number of hydrogen-bond donors (Lipinski definition) is 3. The van der Waals surface area contributed by atoms with Gasteiger partial charge in [-0.15, -0.1) is 24.0 Å². The van der Waals surface area contributed by atoms with Crippen LogP contribution in [0.1, 0.15) is 34.1 Å². The zero-order chi connectivity index (χ0) is 19.3. The summed E-state index contributed by atoms with van der Waals surface area (Å²) in [5.41, 5.74) is -0.480. The van der Waals surface area contributed by atoms with Crippen LogP contribution in [-0.4, -0.2) is 50.4 Å². The Kier molecular flexibility index (Phi) is 13.5. The van der Waals surface area contributed by atoms with Crippen LogP contribution in [0, 0.1) is 0 Å². The van der Waals surface area contributed by atoms with Crippen molar-refractivity contribution in [2.45, 2.75) is 39.7 Å². The summed E-state index contributed by atoms with van der Waals surface area (Å²) in [4.78, 5) is 16.0. The number of hydrogen-bond acceptors (Lipinski definition) is 4. The van der Waals surface area contributed by atoms with E-state index in [9.17, 15) is 4.79 Å². The third-order valence-corrected chi connectivity index (χ3v) is 3.02. The van der Waals surface area contributed by atoms with E-state index in [1.807, 2.05) is 58.0 Å². The Morgan fingerprint density at radius 2 is 1.78 bits per heavy atom. The fourth-order valence-corrected chi connectivity index (χ4v) is 1.97. The summed E-state index contributed by atoms with van der Waals surface area (Å²) >= 11 is 0. The monoisotopic (exact) mass is 492 g/mol. The second-order valence-electron chi connectivity index (χ2n) is 6.63. The number of rotatable bonds is 9. The zero-order valence-electron chi connectivity index (χ0n) is 16.7. The Morgan fingerprint density at radius 1 is 1.07 bits per heavy atom. The van der Waals surface area contributed by atoms with Crippen molar-refractivity contribution in [3.63, 3.8) is 0 Å². The van der Waals surface area contributed by atoms with Gasteiger partial charge in [0.2, 0.25) is 0 Å². The maximum absolute atomic E-state index is 11.5. The Bertz CT molecular complexity index is 548. The molecule has 0 saturated heterocycles. The first-order valence-corrected chi connectivity index (χ1v) is 9.07. The predicted molar refractivity (Wildman–Crippen MR) is 120 cm³/mol. The van der Waals surface area contributed by atoms with Gasteiger partial charge in [0.25, 0.3) is 0 Å². The molecule has 0 heterocycles. The number of carbonyl (C=O) groups excluding carboxylic acids is 1. The molecule has 1 amide bonds. The van der Waals surface area contributed by atoms with Crippen LogP contribution in [0.25, 0.3) is 0 Å². The number of halogens is 1. The average molecular weight is 492 g/mol. The van der Waals surface area contributed by atoms with Gasteiger partial charge in [0, 0.05) is 19.6 Å². The van der Waals surface area contributed by atoms with Crippen LogP contribution in [-0.2, 0) is 4.74 Å². The van der Waals surface area contributed by atoms with Crippen molar-refractivity contribution in [1.82, 2.24) is 16.0 Å². The van der Waals surface area contributed by atoms with E-state index in [1.165, 1.54) is 0 Å². The quantitative estimate of drug-likeness (QED) is 0.214. The molecule has 1 aromatic carbocycles. The van der Waals surface area contributed by atoms with Crippen molar-refractivity contribution in [2.75, 3.05) is 32.8 Å². The largest absolute Gasteiger partial charge is 0.492 e. The molecule has 0 aliphatic carbocycles. The molecule has 3 N–H and O–H groups in total. The third kappa shape index (κ3) is 14.1. The fraction of sp³-hybridized carbons (Fsp3) is 0.579. The minimum Gasteiger partial charge on any atom is -0.492 e. The van der Waals surface area contributed by atoms with E-state index >= 15 is 0 Å². The maximum atomic E-state index is 11.5. The van der Waals surface area contributed by atoms with Gasteiger partial charge in [-0.3, -0.25) is 4.99 Å². The molecule has 0 bridgehead atoms. The van der Waals surface area contributed by atoms with Crippen molar-refractivity contribution in [2.24, 2.45) is 4.99 Å². The number of ether oxygens (including phenoxy) is 2. The number of amides is 1. The Hall–Kier alpha value is -1.71. The van der Waals surface area contributed by atoms with Crippen LogP contribution in [0.2, 0.25) is 0 Å². The molecule has 8 heteroatoms. The highest BCUT2D eigenvalue weighted by molar-refractivity contribution is 14.0. The van der Waals surface area contributed by atoms with Gasteiger partial charge in [-0.25, -0.2) is 4.79 Å². The first kappa shape index (κ1) is 25.3. The summed E-state index contributed by atoms with van der Waals surface area (Å²) in [5.74, 6) is 1.59. The standard InChI is InChI=1S/C19H32N4O3.HI/c1-5-20-17(22-14-15-25-16-10-7-6-8-11-16)21-12-9-13-23-18(24)26-19(2,3)4;/h6-8,10-11H,5,9,12-15H2,1-4H3,(H,23,24)(H2,20,21,22);1H. The molecular formula is C19H33IN4O3. The van der Waals surface area contributed by atoms with E-state index in [0.29, 0.717) is 26.2 Å². The molecule has 0 fully saturated rings. The molecule has 7 nitrogen and oxygen atoms in total. The lowest BCUT2D eigenvalue weighted by atomic mass is 10.2. The summed E-state index contributed by atoms with van der Waals surface area (Å²) in [7, 11) is 0. The molecule has 1 aromatic rings. The maximum Gasteiger partial charge on any atom is 0.407 e. The lowest BCUT2D eigenvalue weighted by molar-refractivity contribution is 0.0527. The number of carbonyl (C=O) groups is 1. The van der Waals surface area contributed by atoms with Crippen molar-refractivity contribution in [3.8, 4) is 5.75 Å². The molecule has 154 valence electrons. The number of para-hydroxylation sites is 1. The molecule has 0 radical (unpaired) electrons. The second kappa shape index (κ2) is 14.4. The average Bonchev–Trinajstić information content (AvgIpc) is 2.57. The number of aliphatic imine (C=N–C) groups is 1. The smallest absolute Gasteiger partial charge is 0.407 e. The zero-order valence-corrected chi connectivity index (χ0v) is 19.0. The first-order chi connectivity index (χ1) is 12.4.